The molecule has 1 N–H and O–H groups in total. The Morgan fingerprint density at radius 2 is 2.04 bits per heavy atom. The number of imidazole rings is 1. The summed E-state index contributed by atoms with van der Waals surface area (Å²) in [4.78, 5) is 30.0. The Kier molecular flexibility index (Phi) is 4.27. The molecule has 1 amide bonds. The lowest BCUT2D eigenvalue weighted by molar-refractivity contribution is -0.152. The summed E-state index contributed by atoms with van der Waals surface area (Å²) in [6.07, 6.45) is 0. The van der Waals surface area contributed by atoms with Gasteiger partial charge in [-0.1, -0.05) is 24.3 Å². The van der Waals surface area contributed by atoms with Crippen LogP contribution >= 0.6 is 0 Å². The Morgan fingerprint density at radius 1 is 1.22 bits per heavy atom. The fourth-order valence-corrected chi connectivity index (χ4v) is 3.53. The minimum Gasteiger partial charge on any atom is -0.497 e. The van der Waals surface area contributed by atoms with Crippen molar-refractivity contribution in [2.24, 2.45) is 5.92 Å². The number of aromatic nitrogens is 2. The Labute approximate surface area is 155 Å². The summed E-state index contributed by atoms with van der Waals surface area (Å²) < 4.78 is 12.4. The smallest absolute Gasteiger partial charge is 0.321 e. The molecule has 0 unspecified atom stereocenters. The molecule has 3 aromatic rings. The molecule has 0 radical (unpaired) electrons. The first-order valence-electron chi connectivity index (χ1n) is 8.72. The lowest BCUT2D eigenvalue weighted by atomic mass is 9.90. The number of nitrogens with one attached hydrogen (secondary N) is 1. The van der Waals surface area contributed by atoms with Crippen LogP contribution < -0.4 is 10.1 Å². The molecule has 27 heavy (non-hydrogen) atoms. The van der Waals surface area contributed by atoms with Gasteiger partial charge in [0, 0.05) is 0 Å². The summed E-state index contributed by atoms with van der Waals surface area (Å²) in [5.74, 6) is -0.959. The van der Waals surface area contributed by atoms with Gasteiger partial charge in [-0.25, -0.2) is 4.98 Å². The fraction of sp³-hybridized carbons (Fsp3) is 0.250. The molecule has 0 saturated carbocycles. The highest BCUT2D eigenvalue weighted by Crippen LogP contribution is 2.39. The van der Waals surface area contributed by atoms with Crippen LogP contribution in [0.2, 0.25) is 0 Å². The molecule has 7 nitrogen and oxygen atoms in total. The number of benzene rings is 2. The fourth-order valence-electron chi connectivity index (χ4n) is 3.53. The van der Waals surface area contributed by atoms with Crippen molar-refractivity contribution in [1.82, 2.24) is 9.55 Å². The molecule has 0 fully saturated rings. The van der Waals surface area contributed by atoms with E-state index in [0.717, 1.165) is 16.6 Å². The molecule has 1 aliphatic rings. The molecule has 7 heteroatoms. The molecule has 0 bridgehead atoms. The monoisotopic (exact) mass is 365 g/mol. The Morgan fingerprint density at radius 3 is 2.81 bits per heavy atom. The number of esters is 1. The van der Waals surface area contributed by atoms with Crippen molar-refractivity contribution in [3.05, 3.63) is 54.1 Å². The number of amides is 1. The van der Waals surface area contributed by atoms with Gasteiger partial charge in [-0.15, -0.1) is 0 Å². The van der Waals surface area contributed by atoms with Crippen LogP contribution in [0, 0.1) is 5.92 Å². The van der Waals surface area contributed by atoms with Gasteiger partial charge in [0.05, 0.1) is 30.8 Å². The molecule has 1 aromatic heterocycles. The summed E-state index contributed by atoms with van der Waals surface area (Å²) in [5.41, 5.74) is 2.34. The predicted molar refractivity (Wildman–Crippen MR) is 99.6 cm³/mol. The van der Waals surface area contributed by atoms with Crippen molar-refractivity contribution >= 4 is 28.9 Å². The first-order valence-corrected chi connectivity index (χ1v) is 8.72. The van der Waals surface area contributed by atoms with Crippen LogP contribution in [0.3, 0.4) is 0 Å². The molecular weight excluding hydrogens is 346 g/mol. The van der Waals surface area contributed by atoms with E-state index in [9.17, 15) is 9.59 Å². The number of carbonyl (C=O) groups is 2. The van der Waals surface area contributed by atoms with E-state index in [1.165, 1.54) is 0 Å². The Balaban J connectivity index is 1.96. The van der Waals surface area contributed by atoms with E-state index in [-0.39, 0.29) is 6.61 Å². The maximum absolute atomic E-state index is 12.8. The van der Waals surface area contributed by atoms with E-state index >= 15 is 0 Å². The van der Waals surface area contributed by atoms with Gasteiger partial charge in [-0.2, -0.15) is 0 Å². The van der Waals surface area contributed by atoms with Gasteiger partial charge in [0.1, 0.15) is 5.75 Å². The van der Waals surface area contributed by atoms with Gasteiger partial charge in [0.15, 0.2) is 5.92 Å². The van der Waals surface area contributed by atoms with Crippen molar-refractivity contribution in [1.29, 1.82) is 0 Å². The second kappa shape index (κ2) is 6.75. The van der Waals surface area contributed by atoms with Gasteiger partial charge < -0.3 is 14.0 Å². The number of methoxy groups -OCH3 is 1. The third kappa shape index (κ3) is 2.81. The maximum atomic E-state index is 12.8. The highest BCUT2D eigenvalue weighted by molar-refractivity contribution is 6.07. The molecule has 1 aliphatic heterocycles. The van der Waals surface area contributed by atoms with Crippen LogP contribution in [0.25, 0.3) is 11.0 Å². The Bertz CT molecular complexity index is 1030. The average molecular weight is 365 g/mol. The van der Waals surface area contributed by atoms with E-state index in [1.54, 1.807) is 14.0 Å². The molecule has 2 heterocycles. The van der Waals surface area contributed by atoms with Crippen LogP contribution in [0.15, 0.2) is 48.5 Å². The molecule has 138 valence electrons. The molecule has 0 saturated heterocycles. The first-order chi connectivity index (χ1) is 13.1. The average Bonchev–Trinajstić information content (AvgIpc) is 3.04. The lowest BCUT2D eigenvalue weighted by Crippen LogP contribution is -2.43. The van der Waals surface area contributed by atoms with E-state index in [2.05, 4.69) is 10.3 Å². The summed E-state index contributed by atoms with van der Waals surface area (Å²) >= 11 is 0. The van der Waals surface area contributed by atoms with Crippen molar-refractivity contribution in [3.63, 3.8) is 0 Å². The zero-order valence-corrected chi connectivity index (χ0v) is 15.0. The van der Waals surface area contributed by atoms with Crippen molar-refractivity contribution in [2.45, 2.75) is 13.0 Å². The maximum Gasteiger partial charge on any atom is 0.321 e. The van der Waals surface area contributed by atoms with E-state index in [1.807, 2.05) is 53.1 Å². The number of ether oxygens (including phenoxy) is 2. The second-order valence-electron chi connectivity index (χ2n) is 6.23. The van der Waals surface area contributed by atoms with Gasteiger partial charge in [0.2, 0.25) is 11.9 Å². The van der Waals surface area contributed by atoms with Gasteiger partial charge in [0.25, 0.3) is 0 Å². The topological polar surface area (TPSA) is 82.5 Å². The van der Waals surface area contributed by atoms with Crippen molar-refractivity contribution in [2.75, 3.05) is 19.0 Å². The predicted octanol–water partition coefficient (Wildman–Crippen LogP) is 2.77. The van der Waals surface area contributed by atoms with Gasteiger partial charge in [-0.05, 0) is 36.8 Å². The zero-order valence-electron chi connectivity index (χ0n) is 15.0. The SMILES string of the molecule is CCOC(=O)[C@@H]1C(=O)Nc2nc3ccccc3n2[C@@H]1c1cccc(OC)c1. The van der Waals surface area contributed by atoms with Gasteiger partial charge >= 0.3 is 5.97 Å². The van der Waals surface area contributed by atoms with Crippen LogP contribution in [0.4, 0.5) is 5.95 Å². The van der Waals surface area contributed by atoms with Crippen molar-refractivity contribution in [3.8, 4) is 5.75 Å². The quantitative estimate of drug-likeness (QED) is 0.568. The van der Waals surface area contributed by atoms with Crippen LogP contribution in [-0.2, 0) is 14.3 Å². The molecule has 4 rings (SSSR count). The summed E-state index contributed by atoms with van der Waals surface area (Å²) in [6.45, 7) is 1.92. The number of nitrogens with zero attached hydrogens (tertiary/aromatic N) is 2. The minimum atomic E-state index is -1.03. The summed E-state index contributed by atoms with van der Waals surface area (Å²) in [7, 11) is 1.58. The molecule has 0 spiro atoms. The molecular formula is C20H19N3O4. The van der Waals surface area contributed by atoms with E-state index < -0.39 is 23.8 Å². The summed E-state index contributed by atoms with van der Waals surface area (Å²) in [5, 5.41) is 2.75. The van der Waals surface area contributed by atoms with E-state index in [0.29, 0.717) is 11.7 Å². The van der Waals surface area contributed by atoms with Crippen LogP contribution in [0.5, 0.6) is 5.75 Å². The summed E-state index contributed by atoms with van der Waals surface area (Å²) in [6, 6.07) is 14.3. The number of para-hydroxylation sites is 2. The van der Waals surface area contributed by atoms with Crippen LogP contribution in [0.1, 0.15) is 18.5 Å². The van der Waals surface area contributed by atoms with Crippen LogP contribution in [-0.4, -0.2) is 35.1 Å². The molecule has 2 atom stereocenters. The number of anilines is 1. The first kappa shape index (κ1) is 17.1. The van der Waals surface area contributed by atoms with Crippen molar-refractivity contribution < 1.29 is 19.1 Å². The highest BCUT2D eigenvalue weighted by atomic mass is 16.5. The normalized spacial score (nSPS) is 18.7. The standard InChI is InChI=1S/C20H19N3O4/c1-3-27-19(25)16-17(12-7-6-8-13(11-12)26-2)23-15-10-5-4-9-14(15)21-20(23)22-18(16)24/h4-11,16-17H,3H2,1-2H3,(H,21,22,24)/t16-,17+/m0/s1. The highest BCUT2D eigenvalue weighted by Gasteiger charge is 2.44. The molecule has 0 aliphatic carbocycles. The lowest BCUT2D eigenvalue weighted by Gasteiger charge is -2.32. The number of hydrogen-bond donors (Lipinski definition) is 1. The number of rotatable bonds is 4. The number of carbonyl (C=O) groups excluding carboxylic acids is 2. The van der Waals surface area contributed by atoms with Gasteiger partial charge in [-0.3, -0.25) is 14.9 Å². The van der Waals surface area contributed by atoms with E-state index in [4.69, 9.17) is 9.47 Å². The minimum absolute atomic E-state index is 0.199. The Hall–Kier alpha value is -3.35. The number of hydrogen-bond acceptors (Lipinski definition) is 5. The largest absolute Gasteiger partial charge is 0.497 e. The number of fused-ring (bicyclic) bond motifs is 3. The second-order valence-corrected chi connectivity index (χ2v) is 6.23. The third-order valence-corrected chi connectivity index (χ3v) is 4.68. The molecule has 2 aromatic carbocycles. The zero-order chi connectivity index (χ0) is 19.0. The third-order valence-electron chi connectivity index (χ3n) is 4.68.